The largest absolute Gasteiger partial charge is 0.465 e. The van der Waals surface area contributed by atoms with Gasteiger partial charge in [-0.2, -0.15) is 0 Å². The van der Waals surface area contributed by atoms with E-state index >= 15 is 0 Å². The number of Topliss-reactive ketones (excluding diaryl/α,β-unsaturated/α-hetero) is 1. The van der Waals surface area contributed by atoms with E-state index in [1.807, 2.05) is 20.0 Å². The van der Waals surface area contributed by atoms with Gasteiger partial charge in [0.05, 0.1) is 25.4 Å². The van der Waals surface area contributed by atoms with Crippen molar-refractivity contribution in [1.82, 2.24) is 4.98 Å². The molecule has 1 unspecified atom stereocenters. The minimum absolute atomic E-state index is 0.0929. The molecular formula is C19H24FN2O3+. The van der Waals surface area contributed by atoms with E-state index < -0.39 is 5.97 Å². The van der Waals surface area contributed by atoms with Gasteiger partial charge in [-0.15, -0.1) is 0 Å². The van der Waals surface area contributed by atoms with Gasteiger partial charge in [0, 0.05) is 11.3 Å². The van der Waals surface area contributed by atoms with Crippen molar-refractivity contribution in [2.24, 2.45) is 0 Å². The van der Waals surface area contributed by atoms with E-state index in [1.165, 1.54) is 19.2 Å². The fourth-order valence-electron chi connectivity index (χ4n) is 2.97. The number of hydrogen-bond acceptors (Lipinski definition) is 3. The molecule has 2 N–H and O–H groups in total. The van der Waals surface area contributed by atoms with E-state index in [0.717, 1.165) is 10.5 Å². The molecule has 5 nitrogen and oxygen atoms in total. The molecule has 1 heterocycles. The smallest absolute Gasteiger partial charge is 0.339 e. The molecule has 25 heavy (non-hydrogen) atoms. The fraction of sp³-hybridized carbons (Fsp3) is 0.368. The quantitative estimate of drug-likeness (QED) is 0.619. The minimum atomic E-state index is -0.460. The zero-order valence-electron chi connectivity index (χ0n) is 15.2. The summed E-state index contributed by atoms with van der Waals surface area (Å²) in [5.41, 5.74) is 2.86. The summed E-state index contributed by atoms with van der Waals surface area (Å²) >= 11 is 0. The number of benzene rings is 1. The molecule has 0 saturated carbocycles. The standard InChI is InChI=1S/C19H23FN2O3/c1-11-16(19(24)25-5)12(2)21-17(11)18(23)13(3)22(4)10-14-7-6-8-15(20)9-14/h6-9,13,21H,10H2,1-5H3/p+1/t13-/m1/s1. The number of halogens is 1. The van der Waals surface area contributed by atoms with Crippen LogP contribution in [0.5, 0.6) is 0 Å². The van der Waals surface area contributed by atoms with Gasteiger partial charge in [0.1, 0.15) is 12.4 Å². The van der Waals surface area contributed by atoms with Gasteiger partial charge < -0.3 is 14.6 Å². The van der Waals surface area contributed by atoms with Gasteiger partial charge in [0.2, 0.25) is 5.78 Å². The van der Waals surface area contributed by atoms with Crippen LogP contribution in [0, 0.1) is 19.7 Å². The summed E-state index contributed by atoms with van der Waals surface area (Å²) in [6, 6.07) is 6.01. The van der Waals surface area contributed by atoms with Gasteiger partial charge in [0.15, 0.2) is 6.04 Å². The molecule has 134 valence electrons. The van der Waals surface area contributed by atoms with Gasteiger partial charge in [-0.25, -0.2) is 9.18 Å². The number of H-pyrrole nitrogens is 1. The molecule has 0 radical (unpaired) electrons. The highest BCUT2D eigenvalue weighted by atomic mass is 19.1. The lowest BCUT2D eigenvalue weighted by atomic mass is 10.0. The molecule has 0 fully saturated rings. The number of nitrogens with one attached hydrogen (secondary N) is 2. The van der Waals surface area contributed by atoms with Crippen molar-refractivity contribution >= 4 is 11.8 Å². The van der Waals surface area contributed by atoms with E-state index in [-0.39, 0.29) is 17.6 Å². The highest BCUT2D eigenvalue weighted by molar-refractivity contribution is 6.03. The SMILES string of the molecule is COC(=O)c1c(C)[nH]c(C(=O)[C@@H](C)[NH+](C)Cc2cccc(F)c2)c1C. The average molecular weight is 347 g/mol. The number of ketones is 1. The Kier molecular flexibility index (Phi) is 5.74. The van der Waals surface area contributed by atoms with Crippen molar-refractivity contribution in [1.29, 1.82) is 0 Å². The number of methoxy groups -OCH3 is 1. The number of esters is 1. The molecule has 2 rings (SSSR count). The highest BCUT2D eigenvalue weighted by Gasteiger charge is 2.29. The predicted octanol–water partition coefficient (Wildman–Crippen LogP) is 1.84. The number of aryl methyl sites for hydroxylation is 1. The Balaban J connectivity index is 2.21. The zero-order chi connectivity index (χ0) is 18.7. The van der Waals surface area contributed by atoms with Gasteiger partial charge in [-0.3, -0.25) is 4.79 Å². The molecule has 2 aromatic rings. The summed E-state index contributed by atoms with van der Waals surface area (Å²) in [5, 5.41) is 0. The lowest BCUT2D eigenvalue weighted by molar-refractivity contribution is -0.907. The molecule has 0 aliphatic carbocycles. The first-order chi connectivity index (χ1) is 11.8. The second-order valence-electron chi connectivity index (χ2n) is 6.36. The number of carbonyl (C=O) groups excluding carboxylic acids is 2. The third-order valence-electron chi connectivity index (χ3n) is 4.58. The topological polar surface area (TPSA) is 63.6 Å². The fourth-order valence-corrected chi connectivity index (χ4v) is 2.97. The summed E-state index contributed by atoms with van der Waals surface area (Å²) in [6.07, 6.45) is 0. The van der Waals surface area contributed by atoms with E-state index in [4.69, 9.17) is 4.74 Å². The molecule has 0 aliphatic heterocycles. The summed E-state index contributed by atoms with van der Waals surface area (Å²) in [7, 11) is 3.20. The number of quaternary nitrogens is 1. The van der Waals surface area contributed by atoms with Crippen LogP contribution in [-0.4, -0.2) is 36.9 Å². The Morgan fingerprint density at radius 1 is 1.32 bits per heavy atom. The van der Waals surface area contributed by atoms with Crippen LogP contribution >= 0.6 is 0 Å². The van der Waals surface area contributed by atoms with Crippen LogP contribution in [0.3, 0.4) is 0 Å². The number of aromatic amines is 1. The Morgan fingerprint density at radius 2 is 2.00 bits per heavy atom. The number of carbonyl (C=O) groups is 2. The van der Waals surface area contributed by atoms with Crippen LogP contribution in [0.4, 0.5) is 4.39 Å². The molecule has 0 spiro atoms. The van der Waals surface area contributed by atoms with Crippen LogP contribution < -0.4 is 4.90 Å². The number of aromatic nitrogens is 1. The average Bonchev–Trinajstić information content (AvgIpc) is 2.87. The van der Waals surface area contributed by atoms with Gasteiger partial charge in [-0.1, -0.05) is 12.1 Å². The normalized spacial score (nSPS) is 13.4. The summed E-state index contributed by atoms with van der Waals surface area (Å²) in [6.45, 7) is 5.82. The maximum absolute atomic E-state index is 13.3. The maximum Gasteiger partial charge on any atom is 0.339 e. The molecule has 0 aliphatic rings. The molecule has 6 heteroatoms. The Morgan fingerprint density at radius 3 is 2.60 bits per heavy atom. The van der Waals surface area contributed by atoms with Crippen molar-refractivity contribution < 1.29 is 23.6 Å². The Bertz CT molecular complexity index is 798. The van der Waals surface area contributed by atoms with Crippen LogP contribution in [-0.2, 0) is 11.3 Å². The van der Waals surface area contributed by atoms with Crippen LogP contribution in [0.2, 0.25) is 0 Å². The molecule has 0 bridgehead atoms. The van der Waals surface area contributed by atoms with E-state index in [9.17, 15) is 14.0 Å². The van der Waals surface area contributed by atoms with Crippen molar-refractivity contribution in [2.45, 2.75) is 33.4 Å². The monoisotopic (exact) mass is 347 g/mol. The molecular weight excluding hydrogens is 323 g/mol. The first kappa shape index (κ1) is 18.9. The number of ether oxygens (including phenoxy) is 1. The third kappa shape index (κ3) is 3.96. The van der Waals surface area contributed by atoms with Crippen molar-refractivity contribution in [2.75, 3.05) is 14.2 Å². The molecule has 0 amide bonds. The summed E-state index contributed by atoms with van der Waals surface area (Å²) in [4.78, 5) is 28.7. The molecule has 1 aromatic heterocycles. The van der Waals surface area contributed by atoms with Gasteiger partial charge in [-0.05, 0) is 38.5 Å². The minimum Gasteiger partial charge on any atom is -0.465 e. The first-order valence-corrected chi connectivity index (χ1v) is 8.14. The number of likely N-dealkylation sites (N-methyl/N-ethyl adjacent to an activating group) is 1. The Labute approximate surface area is 146 Å². The lowest BCUT2D eigenvalue weighted by Gasteiger charge is -2.20. The zero-order valence-corrected chi connectivity index (χ0v) is 15.2. The van der Waals surface area contributed by atoms with Crippen LogP contribution in [0.25, 0.3) is 0 Å². The Hall–Kier alpha value is -2.47. The van der Waals surface area contributed by atoms with Crippen molar-refractivity contribution in [3.05, 3.63) is 58.2 Å². The first-order valence-electron chi connectivity index (χ1n) is 8.14. The number of hydrogen-bond donors (Lipinski definition) is 2. The van der Waals surface area contributed by atoms with E-state index in [0.29, 0.717) is 29.1 Å². The van der Waals surface area contributed by atoms with Gasteiger partial charge in [0.25, 0.3) is 0 Å². The van der Waals surface area contributed by atoms with Crippen LogP contribution in [0.1, 0.15) is 44.6 Å². The number of rotatable bonds is 6. The van der Waals surface area contributed by atoms with E-state index in [1.54, 1.807) is 19.9 Å². The van der Waals surface area contributed by atoms with Crippen molar-refractivity contribution in [3.63, 3.8) is 0 Å². The molecule has 0 saturated heterocycles. The van der Waals surface area contributed by atoms with E-state index in [2.05, 4.69) is 4.98 Å². The molecule has 2 atom stereocenters. The summed E-state index contributed by atoms with van der Waals surface area (Å²) < 4.78 is 18.1. The van der Waals surface area contributed by atoms with Gasteiger partial charge >= 0.3 is 5.97 Å². The maximum atomic E-state index is 13.3. The highest BCUT2D eigenvalue weighted by Crippen LogP contribution is 2.19. The second-order valence-corrected chi connectivity index (χ2v) is 6.36. The van der Waals surface area contributed by atoms with Crippen molar-refractivity contribution in [3.8, 4) is 0 Å². The summed E-state index contributed by atoms with van der Waals surface area (Å²) in [5.74, 6) is -0.842. The predicted molar refractivity (Wildman–Crippen MR) is 92.4 cm³/mol. The third-order valence-corrected chi connectivity index (χ3v) is 4.58. The lowest BCUT2D eigenvalue weighted by Crippen LogP contribution is -3.12. The molecule has 1 aromatic carbocycles. The second kappa shape index (κ2) is 7.61. The van der Waals surface area contributed by atoms with Crippen LogP contribution in [0.15, 0.2) is 24.3 Å².